The number of pyridine rings is 1. The molecule has 0 radical (unpaired) electrons. The molecule has 6 nitrogen and oxygen atoms in total. The standard InChI is InChI=1S/C19H22N2O4S/c1-2-13-12-21-10-8-14(13)11-18(21)19(25-26(22,23)24)16-7-9-20-17-6-4-3-5-15(16)17/h2-7,9,13-14,18-19H,1,8,10-12H2,(H,22,23,24)/t13-,14-,18+,19-/m0/s1. The van der Waals surface area contributed by atoms with Crippen molar-refractivity contribution < 1.29 is 17.2 Å². The number of piperidine rings is 3. The Hall–Kier alpha value is -1.80. The summed E-state index contributed by atoms with van der Waals surface area (Å²) in [5, 5.41) is 0.839. The summed E-state index contributed by atoms with van der Waals surface area (Å²) in [6, 6.07) is 9.23. The zero-order chi connectivity index (χ0) is 18.3. The van der Waals surface area contributed by atoms with Crippen LogP contribution < -0.4 is 0 Å². The van der Waals surface area contributed by atoms with E-state index in [9.17, 15) is 13.0 Å². The third-order valence-corrected chi connectivity index (χ3v) is 6.17. The maximum atomic E-state index is 11.6. The number of fused-ring (bicyclic) bond motifs is 4. The average molecular weight is 374 g/mol. The van der Waals surface area contributed by atoms with E-state index in [4.69, 9.17) is 4.18 Å². The van der Waals surface area contributed by atoms with E-state index >= 15 is 0 Å². The molecule has 1 unspecified atom stereocenters. The summed E-state index contributed by atoms with van der Waals surface area (Å²) in [5.41, 5.74) is 1.51. The highest BCUT2D eigenvalue weighted by Crippen LogP contribution is 2.43. The van der Waals surface area contributed by atoms with Gasteiger partial charge in [0.2, 0.25) is 0 Å². The summed E-state index contributed by atoms with van der Waals surface area (Å²) in [5.74, 6) is 0.878. The second kappa shape index (κ2) is 6.74. The summed E-state index contributed by atoms with van der Waals surface area (Å²) >= 11 is 0. The van der Waals surface area contributed by atoms with E-state index in [1.165, 1.54) is 0 Å². The van der Waals surface area contributed by atoms with Crippen molar-refractivity contribution in [3.63, 3.8) is 0 Å². The highest BCUT2D eigenvalue weighted by atomic mass is 32.3. The van der Waals surface area contributed by atoms with Crippen LogP contribution in [-0.4, -0.2) is 42.0 Å². The number of hydrogen-bond acceptors (Lipinski definition) is 5. The Balaban J connectivity index is 1.77. The molecule has 3 aliphatic rings. The summed E-state index contributed by atoms with van der Waals surface area (Å²) < 4.78 is 37.9. The maximum absolute atomic E-state index is 11.6. The fourth-order valence-corrected chi connectivity index (χ4v) is 5.01. The Morgan fingerprint density at radius 3 is 2.85 bits per heavy atom. The Labute approximate surface area is 153 Å². The molecule has 0 aliphatic carbocycles. The van der Waals surface area contributed by atoms with E-state index in [-0.39, 0.29) is 6.04 Å². The van der Waals surface area contributed by atoms with Crippen molar-refractivity contribution in [2.24, 2.45) is 11.8 Å². The maximum Gasteiger partial charge on any atom is 0.398 e. The highest BCUT2D eigenvalue weighted by molar-refractivity contribution is 7.80. The molecule has 138 valence electrons. The zero-order valence-electron chi connectivity index (χ0n) is 14.4. The molecule has 0 spiro atoms. The normalized spacial score (nSPS) is 29.6. The first-order valence-electron chi connectivity index (χ1n) is 8.82. The summed E-state index contributed by atoms with van der Waals surface area (Å²) in [6.45, 7) is 5.67. The average Bonchev–Trinajstić information content (AvgIpc) is 2.65. The van der Waals surface area contributed by atoms with Crippen LogP contribution in [0.2, 0.25) is 0 Å². The smallest absolute Gasteiger partial charge is 0.297 e. The van der Waals surface area contributed by atoms with Crippen LogP contribution in [0.3, 0.4) is 0 Å². The molecule has 1 aromatic carbocycles. The molecule has 1 N–H and O–H groups in total. The van der Waals surface area contributed by atoms with E-state index in [1.807, 2.05) is 30.3 Å². The molecule has 2 bridgehead atoms. The number of nitrogens with zero attached hydrogens (tertiary/aromatic N) is 2. The molecule has 2 aromatic rings. The van der Waals surface area contributed by atoms with Gasteiger partial charge in [-0.25, -0.2) is 4.18 Å². The van der Waals surface area contributed by atoms with E-state index in [0.29, 0.717) is 11.8 Å². The predicted molar refractivity (Wildman–Crippen MR) is 98.9 cm³/mol. The minimum Gasteiger partial charge on any atom is -0.297 e. The van der Waals surface area contributed by atoms with Gasteiger partial charge < -0.3 is 0 Å². The zero-order valence-corrected chi connectivity index (χ0v) is 15.2. The molecule has 5 atom stereocenters. The molecule has 3 fully saturated rings. The lowest BCUT2D eigenvalue weighted by Crippen LogP contribution is -2.55. The first-order valence-corrected chi connectivity index (χ1v) is 10.2. The monoisotopic (exact) mass is 374 g/mol. The largest absolute Gasteiger partial charge is 0.398 e. The molecule has 1 aromatic heterocycles. The number of hydrogen-bond donors (Lipinski definition) is 1. The van der Waals surface area contributed by atoms with Crippen LogP contribution in [0.4, 0.5) is 0 Å². The number of para-hydroxylation sites is 1. The lowest BCUT2D eigenvalue weighted by molar-refractivity contribution is -0.0365. The quantitative estimate of drug-likeness (QED) is 0.640. The van der Waals surface area contributed by atoms with Gasteiger partial charge in [0.15, 0.2) is 0 Å². The number of aromatic nitrogens is 1. The molecule has 3 aliphatic heterocycles. The van der Waals surface area contributed by atoms with Crippen LogP contribution in [0.5, 0.6) is 0 Å². The van der Waals surface area contributed by atoms with Crippen molar-refractivity contribution in [3.8, 4) is 0 Å². The van der Waals surface area contributed by atoms with Crippen molar-refractivity contribution in [1.29, 1.82) is 0 Å². The van der Waals surface area contributed by atoms with Gasteiger partial charge in [0.25, 0.3) is 0 Å². The number of rotatable bonds is 5. The first kappa shape index (κ1) is 17.6. The topological polar surface area (TPSA) is 79.7 Å². The third kappa shape index (κ3) is 3.27. The van der Waals surface area contributed by atoms with Crippen LogP contribution in [0.15, 0.2) is 49.2 Å². The third-order valence-electron chi connectivity index (χ3n) is 5.72. The highest BCUT2D eigenvalue weighted by Gasteiger charge is 2.44. The minimum absolute atomic E-state index is 0.113. The van der Waals surface area contributed by atoms with Crippen molar-refractivity contribution in [2.75, 3.05) is 13.1 Å². The van der Waals surface area contributed by atoms with Gasteiger partial charge in [0, 0.05) is 24.2 Å². The fraction of sp³-hybridized carbons (Fsp3) is 0.421. The van der Waals surface area contributed by atoms with E-state index < -0.39 is 16.5 Å². The molecular formula is C19H22N2O4S. The van der Waals surface area contributed by atoms with Gasteiger partial charge in [-0.05, 0) is 48.9 Å². The molecule has 26 heavy (non-hydrogen) atoms. The Morgan fingerprint density at radius 1 is 1.35 bits per heavy atom. The molecule has 4 heterocycles. The van der Waals surface area contributed by atoms with Crippen molar-refractivity contribution >= 4 is 21.3 Å². The Bertz CT molecular complexity index is 925. The Kier molecular flexibility index (Phi) is 4.56. The van der Waals surface area contributed by atoms with E-state index in [1.54, 1.807) is 12.3 Å². The minimum atomic E-state index is -4.59. The number of benzene rings is 1. The second-order valence-electron chi connectivity index (χ2n) is 7.11. The van der Waals surface area contributed by atoms with Crippen LogP contribution >= 0.6 is 0 Å². The summed E-state index contributed by atoms with van der Waals surface area (Å²) in [7, 11) is -4.59. The lowest BCUT2D eigenvalue weighted by atomic mass is 9.73. The van der Waals surface area contributed by atoms with Crippen LogP contribution in [-0.2, 0) is 14.6 Å². The van der Waals surface area contributed by atoms with Gasteiger partial charge in [-0.3, -0.25) is 14.4 Å². The van der Waals surface area contributed by atoms with Crippen LogP contribution in [0, 0.1) is 11.8 Å². The van der Waals surface area contributed by atoms with Crippen molar-refractivity contribution in [1.82, 2.24) is 9.88 Å². The molecule has 5 rings (SSSR count). The van der Waals surface area contributed by atoms with Gasteiger partial charge in [0.05, 0.1) is 5.52 Å². The van der Waals surface area contributed by atoms with Crippen molar-refractivity contribution in [3.05, 3.63) is 54.7 Å². The van der Waals surface area contributed by atoms with E-state index in [0.717, 1.165) is 42.4 Å². The Morgan fingerprint density at radius 2 is 2.15 bits per heavy atom. The van der Waals surface area contributed by atoms with Gasteiger partial charge in [-0.2, -0.15) is 8.42 Å². The van der Waals surface area contributed by atoms with E-state index in [2.05, 4.69) is 16.5 Å². The van der Waals surface area contributed by atoms with Crippen LogP contribution in [0.25, 0.3) is 10.9 Å². The van der Waals surface area contributed by atoms with Gasteiger partial charge in [0.1, 0.15) is 6.10 Å². The summed E-state index contributed by atoms with van der Waals surface area (Å²) in [6.07, 6.45) is 4.76. The van der Waals surface area contributed by atoms with Crippen LogP contribution in [0.1, 0.15) is 24.5 Å². The molecule has 0 amide bonds. The molecule has 0 saturated carbocycles. The second-order valence-corrected chi connectivity index (χ2v) is 8.16. The van der Waals surface area contributed by atoms with Gasteiger partial charge >= 0.3 is 10.4 Å². The van der Waals surface area contributed by atoms with Gasteiger partial charge in [-0.1, -0.05) is 24.3 Å². The molecular weight excluding hydrogens is 352 g/mol. The fourth-order valence-electron chi connectivity index (χ4n) is 4.51. The van der Waals surface area contributed by atoms with Gasteiger partial charge in [-0.15, -0.1) is 6.58 Å². The lowest BCUT2D eigenvalue weighted by Gasteiger charge is -2.51. The molecule has 7 heteroatoms. The first-order chi connectivity index (χ1) is 12.5. The molecule has 3 saturated heterocycles. The van der Waals surface area contributed by atoms with Crippen molar-refractivity contribution in [2.45, 2.75) is 25.0 Å². The predicted octanol–water partition coefficient (Wildman–Crippen LogP) is 2.99. The SMILES string of the molecule is C=C[C@H]1CN2CC[C@H]1C[C@@H]2[C@@H](OS(=O)(=O)O)c1ccnc2ccccc12. The summed E-state index contributed by atoms with van der Waals surface area (Å²) in [4.78, 5) is 6.61.